The zero-order chi connectivity index (χ0) is 27.2. The van der Waals surface area contributed by atoms with E-state index in [4.69, 9.17) is 0 Å². The van der Waals surface area contributed by atoms with E-state index in [0.717, 1.165) is 47.4 Å². The number of aryl methyl sites for hydroxylation is 3. The van der Waals surface area contributed by atoms with Crippen molar-refractivity contribution in [2.75, 3.05) is 23.0 Å². The molecular formula is C25H28N3O6S4+. The first kappa shape index (κ1) is 27.2. The van der Waals surface area contributed by atoms with Crippen molar-refractivity contribution in [2.24, 2.45) is 7.05 Å². The Bertz CT molecular complexity index is 1790. The zero-order valence-electron chi connectivity index (χ0n) is 20.9. The highest BCUT2D eigenvalue weighted by molar-refractivity contribution is 8.04. The molecular weight excluding hydrogens is 567 g/mol. The van der Waals surface area contributed by atoms with Gasteiger partial charge in [-0.2, -0.15) is 21.4 Å². The van der Waals surface area contributed by atoms with Crippen LogP contribution in [0, 0.1) is 6.92 Å². The maximum Gasteiger partial charge on any atom is 0.266 e. The Hall–Kier alpha value is -2.42. The van der Waals surface area contributed by atoms with Gasteiger partial charge in [-0.25, -0.2) is 0 Å². The van der Waals surface area contributed by atoms with E-state index in [1.807, 2.05) is 38.2 Å². The largest absolute Gasteiger partial charge is 0.335 e. The van der Waals surface area contributed by atoms with Crippen molar-refractivity contribution in [2.45, 2.75) is 31.2 Å². The molecule has 38 heavy (non-hydrogen) atoms. The number of rotatable bonds is 9. The van der Waals surface area contributed by atoms with Crippen LogP contribution in [0.2, 0.25) is 0 Å². The van der Waals surface area contributed by atoms with E-state index in [2.05, 4.69) is 38.3 Å². The van der Waals surface area contributed by atoms with Gasteiger partial charge in [0.25, 0.3) is 25.2 Å². The van der Waals surface area contributed by atoms with Crippen molar-refractivity contribution in [3.05, 3.63) is 58.1 Å². The van der Waals surface area contributed by atoms with Gasteiger partial charge in [-0.1, -0.05) is 35.5 Å². The summed E-state index contributed by atoms with van der Waals surface area (Å²) in [5, 5.41) is 2.90. The molecule has 0 radical (unpaired) electrons. The highest BCUT2D eigenvalue weighted by Crippen LogP contribution is 2.47. The number of fused-ring (bicyclic) bond motifs is 4. The normalized spacial score (nSPS) is 15.3. The van der Waals surface area contributed by atoms with E-state index in [1.54, 1.807) is 23.1 Å². The highest BCUT2D eigenvalue weighted by atomic mass is 32.2. The maximum atomic E-state index is 11.5. The van der Waals surface area contributed by atoms with Crippen molar-refractivity contribution < 1.29 is 30.5 Å². The van der Waals surface area contributed by atoms with Crippen LogP contribution in [0.4, 0.5) is 5.69 Å². The van der Waals surface area contributed by atoms with Gasteiger partial charge in [0.15, 0.2) is 11.4 Å². The second-order valence-corrected chi connectivity index (χ2v) is 14.5. The van der Waals surface area contributed by atoms with Crippen LogP contribution >= 0.6 is 23.1 Å². The summed E-state index contributed by atoms with van der Waals surface area (Å²) in [5.74, 6) is -0.660. The Balaban J connectivity index is 1.61. The fourth-order valence-corrected chi connectivity index (χ4v) is 8.19. The first-order valence-electron chi connectivity index (χ1n) is 12.0. The van der Waals surface area contributed by atoms with Crippen molar-refractivity contribution >= 4 is 76.3 Å². The molecule has 0 atom stereocenters. The molecule has 0 unspecified atom stereocenters. The number of aromatic nitrogens is 2. The Kier molecular flexibility index (Phi) is 7.35. The molecule has 2 aromatic heterocycles. The van der Waals surface area contributed by atoms with Crippen molar-refractivity contribution in [3.63, 3.8) is 0 Å². The quantitative estimate of drug-likeness (QED) is 0.215. The summed E-state index contributed by atoms with van der Waals surface area (Å²) in [7, 11) is -6.14. The summed E-state index contributed by atoms with van der Waals surface area (Å²) in [6, 6.07) is 14.2. The second kappa shape index (κ2) is 10.3. The third kappa shape index (κ3) is 5.63. The van der Waals surface area contributed by atoms with Gasteiger partial charge in [0.1, 0.15) is 0 Å². The molecule has 2 N–H and O–H groups in total. The number of thiazole rings is 1. The number of anilines is 1. The summed E-state index contributed by atoms with van der Waals surface area (Å²) in [4.78, 5) is 4.15. The van der Waals surface area contributed by atoms with E-state index in [9.17, 15) is 25.9 Å². The molecule has 13 heteroatoms. The number of hydrogen-bond donors (Lipinski definition) is 2. The average Bonchev–Trinajstić information content (AvgIpc) is 3.43. The van der Waals surface area contributed by atoms with Crippen LogP contribution in [0.3, 0.4) is 0 Å². The fourth-order valence-electron chi connectivity index (χ4n) is 4.79. The maximum absolute atomic E-state index is 11.5. The molecule has 3 heterocycles. The summed E-state index contributed by atoms with van der Waals surface area (Å²) < 4.78 is 68.3. The van der Waals surface area contributed by atoms with Gasteiger partial charge in [-0.15, -0.1) is 0 Å². The molecule has 0 amide bonds. The second-order valence-electron chi connectivity index (χ2n) is 9.31. The van der Waals surface area contributed by atoms with Crippen molar-refractivity contribution in [3.8, 4) is 0 Å². The van der Waals surface area contributed by atoms with Crippen molar-refractivity contribution in [1.29, 1.82) is 0 Å². The number of para-hydroxylation sites is 1. The lowest BCUT2D eigenvalue weighted by molar-refractivity contribution is -0.667. The molecule has 4 aromatic rings. The van der Waals surface area contributed by atoms with Crippen LogP contribution in [0.25, 0.3) is 27.3 Å². The minimum absolute atomic E-state index is 0.249. The minimum atomic E-state index is -4.09. The SMILES string of the molecule is Cc1ccc2c(c1)c1c(sc(/C=C3/Sc4ccccc4N3CCCS(=O)(=O)O)[n+]1CCCS(=O)(=O)O)n2C. The Morgan fingerprint density at radius 2 is 1.71 bits per heavy atom. The topological polar surface area (TPSA) is 121 Å². The zero-order valence-corrected chi connectivity index (χ0v) is 24.1. The monoisotopic (exact) mass is 594 g/mol. The molecule has 0 fully saturated rings. The van der Waals surface area contributed by atoms with Crippen LogP contribution in [0.1, 0.15) is 23.4 Å². The predicted octanol–water partition coefficient (Wildman–Crippen LogP) is 4.46. The molecule has 0 bridgehead atoms. The third-order valence-electron chi connectivity index (χ3n) is 6.46. The summed E-state index contributed by atoms with van der Waals surface area (Å²) in [6.45, 7) is 2.84. The van der Waals surface area contributed by atoms with Gasteiger partial charge in [-0.05, 0) is 48.9 Å². The van der Waals surface area contributed by atoms with Gasteiger partial charge < -0.3 is 9.47 Å². The lowest BCUT2D eigenvalue weighted by atomic mass is 10.1. The van der Waals surface area contributed by atoms with E-state index < -0.39 is 20.2 Å². The standard InChI is InChI=1S/C25H27N3O6S4/c1-17-9-10-19-18(15-17)24-25(26(19)2)36-23(28(24)12-6-14-38(32,33)34)16-22-27(11-5-13-37(29,30)31)20-7-3-4-8-21(20)35-22/h3-4,7-10,15-16H,5-6,11-14H2,1-2H3,(H-,29,30,31,32,33,34)/p+1. The van der Waals surface area contributed by atoms with Crippen LogP contribution in [-0.2, 0) is 33.8 Å². The third-order valence-corrected chi connectivity index (χ3v) is 10.4. The molecule has 0 saturated heterocycles. The Morgan fingerprint density at radius 1 is 1.00 bits per heavy atom. The first-order chi connectivity index (χ1) is 17.9. The molecule has 0 spiro atoms. The molecule has 0 aliphatic carbocycles. The van der Waals surface area contributed by atoms with E-state index >= 15 is 0 Å². The number of benzene rings is 2. The van der Waals surface area contributed by atoms with E-state index in [0.29, 0.717) is 13.1 Å². The number of nitrogens with zero attached hydrogens (tertiary/aromatic N) is 3. The molecule has 2 aromatic carbocycles. The molecule has 5 rings (SSSR count). The number of hydrogen-bond acceptors (Lipinski definition) is 7. The Labute approximate surface area is 229 Å². The fraction of sp³-hybridized carbons (Fsp3) is 0.320. The van der Waals surface area contributed by atoms with Crippen LogP contribution in [-0.4, -0.2) is 48.6 Å². The minimum Gasteiger partial charge on any atom is -0.335 e. The molecule has 1 aliphatic rings. The van der Waals surface area contributed by atoms with Gasteiger partial charge in [0.2, 0.25) is 5.52 Å². The smallest absolute Gasteiger partial charge is 0.266 e. The van der Waals surface area contributed by atoms with Gasteiger partial charge in [0, 0.05) is 24.9 Å². The van der Waals surface area contributed by atoms with Crippen molar-refractivity contribution in [1.82, 2.24) is 4.57 Å². The molecule has 1 aliphatic heterocycles. The van der Waals surface area contributed by atoms with Crippen LogP contribution < -0.4 is 9.47 Å². The highest BCUT2D eigenvalue weighted by Gasteiger charge is 2.30. The van der Waals surface area contributed by atoms with E-state index in [1.165, 1.54) is 0 Å². The predicted molar refractivity (Wildman–Crippen MR) is 153 cm³/mol. The van der Waals surface area contributed by atoms with Gasteiger partial charge >= 0.3 is 0 Å². The Morgan fingerprint density at radius 3 is 2.45 bits per heavy atom. The van der Waals surface area contributed by atoms with Gasteiger partial charge in [-0.3, -0.25) is 9.11 Å². The average molecular weight is 595 g/mol. The van der Waals surface area contributed by atoms with Crippen LogP contribution in [0.5, 0.6) is 0 Å². The van der Waals surface area contributed by atoms with Gasteiger partial charge in [0.05, 0.1) is 39.2 Å². The van der Waals surface area contributed by atoms with E-state index in [-0.39, 0.29) is 24.3 Å². The summed E-state index contributed by atoms with van der Waals surface area (Å²) in [6.07, 6.45) is 2.56. The number of thioether (sulfide) groups is 1. The molecule has 0 saturated carbocycles. The lowest BCUT2D eigenvalue weighted by Crippen LogP contribution is -2.36. The summed E-state index contributed by atoms with van der Waals surface area (Å²) >= 11 is 3.18. The first-order valence-corrected chi connectivity index (χ1v) is 16.8. The molecule has 202 valence electrons. The lowest BCUT2D eigenvalue weighted by Gasteiger charge is -2.19. The van der Waals surface area contributed by atoms with Crippen LogP contribution in [0.15, 0.2) is 52.4 Å². The molecule has 9 nitrogen and oxygen atoms in total. The summed E-state index contributed by atoms with van der Waals surface area (Å²) in [5.41, 5.74) is 4.18.